The van der Waals surface area contributed by atoms with Gasteiger partial charge in [0.1, 0.15) is 23.0 Å². The number of piperazine rings is 1. The molecule has 1 aromatic heterocycles. The molecule has 1 aromatic carbocycles. The number of aromatic hydroxyl groups is 2. The van der Waals surface area contributed by atoms with Crippen LogP contribution in [0.25, 0.3) is 11.3 Å². The van der Waals surface area contributed by atoms with Gasteiger partial charge in [-0.2, -0.15) is 0 Å². The summed E-state index contributed by atoms with van der Waals surface area (Å²) in [5.41, 5.74) is 0.621. The number of carbonyl (C=O) groups is 1. The molecule has 0 spiro atoms. The summed E-state index contributed by atoms with van der Waals surface area (Å²) < 4.78 is 5.85. The largest absolute Gasteiger partial charge is 0.508 e. The standard InChI is InChI=1S/C18H22N2O5/c1-19-4-6-20(7-5-19)11-14-2-3-16(25-14)18-12(9-17(23)24)8-13(21)10-15(18)22/h2-3,8,10,21-22H,4-7,9,11H2,1H3,(H,23,24). The van der Waals surface area contributed by atoms with Crippen LogP contribution >= 0.6 is 0 Å². The number of hydrogen-bond donors (Lipinski definition) is 3. The van der Waals surface area contributed by atoms with E-state index in [-0.39, 0.29) is 17.9 Å². The van der Waals surface area contributed by atoms with Crippen molar-refractivity contribution in [2.24, 2.45) is 0 Å². The topological polar surface area (TPSA) is 97.4 Å². The summed E-state index contributed by atoms with van der Waals surface area (Å²) in [6.07, 6.45) is -0.314. The number of hydrogen-bond acceptors (Lipinski definition) is 6. The summed E-state index contributed by atoms with van der Waals surface area (Å²) in [5.74, 6) is -0.264. The van der Waals surface area contributed by atoms with Gasteiger partial charge in [0, 0.05) is 32.2 Å². The molecule has 7 heteroatoms. The molecule has 1 saturated heterocycles. The van der Waals surface area contributed by atoms with E-state index in [1.807, 2.05) is 6.07 Å². The number of carboxylic acids is 1. The number of benzene rings is 1. The maximum Gasteiger partial charge on any atom is 0.307 e. The Balaban J connectivity index is 1.83. The number of nitrogens with zero attached hydrogens (tertiary/aromatic N) is 2. The lowest BCUT2D eigenvalue weighted by molar-refractivity contribution is -0.136. The Bertz CT molecular complexity index is 763. The Morgan fingerprint density at radius 1 is 1.16 bits per heavy atom. The van der Waals surface area contributed by atoms with E-state index in [1.54, 1.807) is 6.07 Å². The van der Waals surface area contributed by atoms with Gasteiger partial charge in [-0.05, 0) is 30.8 Å². The number of furan rings is 1. The first-order chi connectivity index (χ1) is 11.9. The van der Waals surface area contributed by atoms with Crippen molar-refractivity contribution < 1.29 is 24.5 Å². The van der Waals surface area contributed by atoms with Crippen LogP contribution in [-0.4, -0.2) is 64.3 Å². The molecule has 0 aliphatic carbocycles. The molecule has 25 heavy (non-hydrogen) atoms. The molecule has 0 saturated carbocycles. The fourth-order valence-electron chi connectivity index (χ4n) is 3.08. The third-order valence-electron chi connectivity index (χ3n) is 4.41. The molecule has 2 aromatic rings. The van der Waals surface area contributed by atoms with E-state index in [1.165, 1.54) is 12.1 Å². The average molecular weight is 346 g/mol. The van der Waals surface area contributed by atoms with Crippen molar-refractivity contribution in [3.8, 4) is 22.8 Å². The molecule has 2 heterocycles. The van der Waals surface area contributed by atoms with Gasteiger partial charge >= 0.3 is 5.97 Å². The number of rotatable bonds is 5. The van der Waals surface area contributed by atoms with Gasteiger partial charge in [-0.1, -0.05) is 0 Å². The minimum atomic E-state index is -1.05. The Kier molecular flexibility index (Phi) is 4.96. The number of phenolic OH excluding ortho intramolecular Hbond substituents is 2. The van der Waals surface area contributed by atoms with Crippen molar-refractivity contribution >= 4 is 5.97 Å². The van der Waals surface area contributed by atoms with Crippen LogP contribution in [0.5, 0.6) is 11.5 Å². The molecule has 0 bridgehead atoms. The second-order valence-electron chi connectivity index (χ2n) is 6.41. The average Bonchev–Trinajstić information content (AvgIpc) is 2.96. The molecular formula is C18H22N2O5. The summed E-state index contributed by atoms with van der Waals surface area (Å²) in [6, 6.07) is 6.09. The van der Waals surface area contributed by atoms with Crippen LogP contribution < -0.4 is 0 Å². The maximum absolute atomic E-state index is 11.1. The normalized spacial score (nSPS) is 16.2. The molecule has 3 N–H and O–H groups in total. The predicted molar refractivity (Wildman–Crippen MR) is 91.6 cm³/mol. The van der Waals surface area contributed by atoms with E-state index in [2.05, 4.69) is 16.8 Å². The second-order valence-corrected chi connectivity index (χ2v) is 6.41. The monoisotopic (exact) mass is 346 g/mol. The molecule has 7 nitrogen and oxygen atoms in total. The molecule has 0 radical (unpaired) electrons. The Morgan fingerprint density at radius 2 is 1.88 bits per heavy atom. The third-order valence-corrected chi connectivity index (χ3v) is 4.41. The van der Waals surface area contributed by atoms with Gasteiger partial charge in [0.25, 0.3) is 0 Å². The third kappa shape index (κ3) is 4.12. The minimum absolute atomic E-state index is 0.179. The van der Waals surface area contributed by atoms with Gasteiger partial charge in [0.05, 0.1) is 18.5 Å². The van der Waals surface area contributed by atoms with Crippen LogP contribution in [-0.2, 0) is 17.8 Å². The van der Waals surface area contributed by atoms with Crippen LogP contribution in [0.1, 0.15) is 11.3 Å². The highest BCUT2D eigenvalue weighted by Crippen LogP contribution is 2.37. The summed E-state index contributed by atoms with van der Waals surface area (Å²) in [7, 11) is 2.10. The highest BCUT2D eigenvalue weighted by molar-refractivity contribution is 5.78. The Hall–Kier alpha value is -2.51. The quantitative estimate of drug-likeness (QED) is 0.758. The van der Waals surface area contributed by atoms with Crippen molar-refractivity contribution in [3.05, 3.63) is 35.6 Å². The molecule has 1 fully saturated rings. The van der Waals surface area contributed by atoms with Crippen LogP contribution in [0.3, 0.4) is 0 Å². The van der Waals surface area contributed by atoms with Crippen LogP contribution in [0.2, 0.25) is 0 Å². The molecule has 1 aliphatic heterocycles. The Morgan fingerprint density at radius 3 is 2.56 bits per heavy atom. The van der Waals surface area contributed by atoms with E-state index in [0.717, 1.165) is 31.9 Å². The Labute approximate surface area is 145 Å². The zero-order chi connectivity index (χ0) is 18.0. The highest BCUT2D eigenvalue weighted by atomic mass is 16.4. The van der Waals surface area contributed by atoms with Gasteiger partial charge in [-0.15, -0.1) is 0 Å². The second kappa shape index (κ2) is 7.16. The molecule has 0 atom stereocenters. The van der Waals surface area contributed by atoms with Gasteiger partial charge in [0.15, 0.2) is 0 Å². The predicted octanol–water partition coefficient (Wildman–Crippen LogP) is 1.73. The van der Waals surface area contributed by atoms with Gasteiger partial charge in [-0.25, -0.2) is 0 Å². The van der Waals surface area contributed by atoms with Crippen molar-refractivity contribution in [2.45, 2.75) is 13.0 Å². The number of aliphatic carboxylic acids is 1. The fourth-order valence-corrected chi connectivity index (χ4v) is 3.08. The summed E-state index contributed by atoms with van der Waals surface area (Å²) in [5, 5.41) is 28.9. The molecular weight excluding hydrogens is 324 g/mol. The maximum atomic E-state index is 11.1. The molecule has 0 amide bonds. The lowest BCUT2D eigenvalue weighted by Gasteiger charge is -2.31. The zero-order valence-electron chi connectivity index (χ0n) is 14.1. The van der Waals surface area contributed by atoms with Crippen molar-refractivity contribution in [1.29, 1.82) is 0 Å². The smallest absolute Gasteiger partial charge is 0.307 e. The first-order valence-corrected chi connectivity index (χ1v) is 8.19. The van der Waals surface area contributed by atoms with Gasteiger partial charge in [0.2, 0.25) is 0 Å². The molecule has 3 rings (SSSR count). The van der Waals surface area contributed by atoms with Crippen molar-refractivity contribution in [3.63, 3.8) is 0 Å². The van der Waals surface area contributed by atoms with E-state index in [0.29, 0.717) is 23.4 Å². The van der Waals surface area contributed by atoms with Crippen molar-refractivity contribution in [1.82, 2.24) is 9.80 Å². The van der Waals surface area contributed by atoms with Crippen LogP contribution in [0.4, 0.5) is 0 Å². The zero-order valence-corrected chi connectivity index (χ0v) is 14.1. The van der Waals surface area contributed by atoms with E-state index >= 15 is 0 Å². The number of phenols is 2. The summed E-state index contributed by atoms with van der Waals surface area (Å²) >= 11 is 0. The first kappa shape index (κ1) is 17.3. The molecule has 1 aliphatic rings. The molecule has 134 valence electrons. The van der Waals surface area contributed by atoms with E-state index in [4.69, 9.17) is 9.52 Å². The van der Waals surface area contributed by atoms with Crippen molar-refractivity contribution in [2.75, 3.05) is 33.2 Å². The minimum Gasteiger partial charge on any atom is -0.508 e. The van der Waals surface area contributed by atoms with Crippen LogP contribution in [0.15, 0.2) is 28.7 Å². The number of likely N-dealkylation sites (N-methyl/N-ethyl adjacent to an activating group) is 1. The van der Waals surface area contributed by atoms with E-state index in [9.17, 15) is 15.0 Å². The summed E-state index contributed by atoms with van der Waals surface area (Å²) in [4.78, 5) is 15.6. The SMILES string of the molecule is CN1CCN(Cc2ccc(-c3c(O)cc(O)cc3CC(=O)O)o2)CC1. The van der Waals surface area contributed by atoms with Gasteiger partial charge < -0.3 is 24.6 Å². The molecule has 0 unspecified atom stereocenters. The first-order valence-electron chi connectivity index (χ1n) is 8.19. The lowest BCUT2D eigenvalue weighted by atomic mass is 10.0. The van der Waals surface area contributed by atoms with Crippen LogP contribution in [0, 0.1) is 0 Å². The number of carboxylic acid groups (broad SMARTS) is 1. The van der Waals surface area contributed by atoms with Gasteiger partial charge in [-0.3, -0.25) is 9.69 Å². The summed E-state index contributed by atoms with van der Waals surface area (Å²) in [6.45, 7) is 4.60. The van der Waals surface area contributed by atoms with E-state index < -0.39 is 5.97 Å². The fraction of sp³-hybridized carbons (Fsp3) is 0.389. The lowest BCUT2D eigenvalue weighted by Crippen LogP contribution is -2.43. The highest BCUT2D eigenvalue weighted by Gasteiger charge is 2.20.